The molecule has 10 heavy (non-hydrogen) atoms. The zero-order chi connectivity index (χ0) is 7.49. The highest BCUT2D eigenvalue weighted by Crippen LogP contribution is 2.16. The molecule has 6 heteroatoms. The molecule has 0 unspecified atom stereocenters. The van der Waals surface area contributed by atoms with Gasteiger partial charge in [-0.25, -0.2) is 0 Å². The summed E-state index contributed by atoms with van der Waals surface area (Å²) in [6.07, 6.45) is -3.98. The summed E-state index contributed by atoms with van der Waals surface area (Å²) in [7, 11) is 0. The third-order valence-electron chi connectivity index (χ3n) is 0.790. The summed E-state index contributed by atoms with van der Waals surface area (Å²) >= 11 is 0. The summed E-state index contributed by atoms with van der Waals surface area (Å²) in [5.74, 6) is 4.57. The van der Waals surface area contributed by atoms with Crippen LogP contribution >= 0.6 is 12.4 Å². The Morgan fingerprint density at radius 3 is 1.90 bits per heavy atom. The van der Waals surface area contributed by atoms with Crippen LogP contribution in [0.2, 0.25) is 0 Å². The molecule has 0 aromatic carbocycles. The highest BCUT2D eigenvalue weighted by molar-refractivity contribution is 5.85. The Labute approximate surface area is 63.6 Å². The van der Waals surface area contributed by atoms with Gasteiger partial charge >= 0.3 is 6.30 Å². The summed E-state index contributed by atoms with van der Waals surface area (Å²) < 4.78 is 34.3. The molecule has 0 heterocycles. The Morgan fingerprint density at radius 2 is 1.80 bits per heavy atom. The van der Waals surface area contributed by atoms with E-state index in [2.05, 4.69) is 5.84 Å². The minimum Gasteiger partial charge on any atom is -0.261 e. The van der Waals surface area contributed by atoms with E-state index in [-0.39, 0.29) is 24.0 Å². The Hall–Kier alpha value is -0.0000000000000000555. The van der Waals surface area contributed by atoms with E-state index >= 15 is 0 Å². The van der Waals surface area contributed by atoms with Gasteiger partial charge in [0.2, 0.25) is 0 Å². The standard InChI is InChI=1S/C4H9F3N2.ClH/c1-2-3-9(8)4(5,6)7;/h2-3,8H2,1H3;1H. The summed E-state index contributed by atoms with van der Waals surface area (Å²) in [5.41, 5.74) is 0. The average Bonchev–Trinajstić information content (AvgIpc) is 1.64. The molecule has 0 amide bonds. The zero-order valence-electron chi connectivity index (χ0n) is 5.48. The van der Waals surface area contributed by atoms with Crippen molar-refractivity contribution in [1.29, 1.82) is 0 Å². The summed E-state index contributed by atoms with van der Waals surface area (Å²) in [6, 6.07) is 0. The SMILES string of the molecule is CCCN(N)C(F)(F)F.Cl. The first-order valence-electron chi connectivity index (χ1n) is 2.57. The molecule has 0 atom stereocenters. The molecule has 0 rings (SSSR count). The van der Waals surface area contributed by atoms with Gasteiger partial charge in [-0.3, -0.25) is 5.84 Å². The molecule has 0 spiro atoms. The van der Waals surface area contributed by atoms with Gasteiger partial charge in [0.25, 0.3) is 0 Å². The van der Waals surface area contributed by atoms with Gasteiger partial charge in [0.15, 0.2) is 0 Å². The molecule has 0 aliphatic rings. The first-order chi connectivity index (χ1) is 3.98. The minimum absolute atomic E-state index is 0. The molecule has 0 fully saturated rings. The lowest BCUT2D eigenvalue weighted by Crippen LogP contribution is -2.43. The van der Waals surface area contributed by atoms with Crippen molar-refractivity contribution in [1.82, 2.24) is 5.01 Å². The van der Waals surface area contributed by atoms with Crippen molar-refractivity contribution >= 4 is 12.4 Å². The second-order valence-electron chi connectivity index (χ2n) is 1.66. The van der Waals surface area contributed by atoms with Crippen molar-refractivity contribution in [2.75, 3.05) is 6.54 Å². The second kappa shape index (κ2) is 4.76. The van der Waals surface area contributed by atoms with Crippen LogP contribution in [0.25, 0.3) is 0 Å². The number of nitrogens with two attached hydrogens (primary N) is 1. The Kier molecular flexibility index (Phi) is 6.02. The number of alkyl halides is 3. The monoisotopic (exact) mass is 178 g/mol. The Balaban J connectivity index is 0. The van der Waals surface area contributed by atoms with Crippen molar-refractivity contribution in [3.05, 3.63) is 0 Å². The number of rotatable bonds is 2. The molecule has 0 aromatic rings. The number of nitrogens with zero attached hydrogens (tertiary/aromatic N) is 1. The number of hydrogen-bond donors (Lipinski definition) is 1. The molecule has 0 aliphatic heterocycles. The average molecular weight is 179 g/mol. The summed E-state index contributed by atoms with van der Waals surface area (Å²) in [4.78, 5) is 0. The predicted molar refractivity (Wildman–Crippen MR) is 34.5 cm³/mol. The molecular weight excluding hydrogens is 169 g/mol. The molecule has 0 aliphatic carbocycles. The second-order valence-corrected chi connectivity index (χ2v) is 1.66. The van der Waals surface area contributed by atoms with E-state index in [4.69, 9.17) is 0 Å². The summed E-state index contributed by atoms with van der Waals surface area (Å²) in [5, 5.41) is -0.132. The van der Waals surface area contributed by atoms with Gasteiger partial charge < -0.3 is 0 Å². The van der Waals surface area contributed by atoms with E-state index in [1.165, 1.54) is 0 Å². The maximum Gasteiger partial charge on any atom is 0.472 e. The van der Waals surface area contributed by atoms with Crippen LogP contribution in [-0.4, -0.2) is 17.9 Å². The lowest BCUT2D eigenvalue weighted by Gasteiger charge is -2.17. The number of halogens is 4. The highest BCUT2D eigenvalue weighted by atomic mass is 35.5. The molecule has 0 aromatic heterocycles. The molecule has 2 N–H and O–H groups in total. The molecule has 0 saturated heterocycles. The van der Waals surface area contributed by atoms with Crippen molar-refractivity contribution in [3.63, 3.8) is 0 Å². The zero-order valence-corrected chi connectivity index (χ0v) is 6.30. The first-order valence-corrected chi connectivity index (χ1v) is 2.57. The topological polar surface area (TPSA) is 29.3 Å². The molecule has 0 bridgehead atoms. The minimum atomic E-state index is -4.38. The molecule has 64 valence electrons. The lowest BCUT2D eigenvalue weighted by atomic mass is 10.5. The van der Waals surface area contributed by atoms with E-state index in [0.29, 0.717) is 6.42 Å². The fourth-order valence-electron chi connectivity index (χ4n) is 0.368. The van der Waals surface area contributed by atoms with Crippen LogP contribution in [0.15, 0.2) is 0 Å². The van der Waals surface area contributed by atoms with Gasteiger partial charge in [0.05, 0.1) is 0 Å². The maximum absolute atomic E-state index is 11.4. The van der Waals surface area contributed by atoms with Gasteiger partial charge in [0.1, 0.15) is 0 Å². The Morgan fingerprint density at radius 1 is 1.40 bits per heavy atom. The third kappa shape index (κ3) is 4.84. The van der Waals surface area contributed by atoms with Crippen molar-refractivity contribution in [2.24, 2.45) is 5.84 Å². The van der Waals surface area contributed by atoms with Crippen LogP contribution in [0, 0.1) is 0 Å². The van der Waals surface area contributed by atoms with Gasteiger partial charge in [-0.1, -0.05) is 6.92 Å². The van der Waals surface area contributed by atoms with Crippen LogP contribution in [0.5, 0.6) is 0 Å². The number of hydrogen-bond acceptors (Lipinski definition) is 2. The third-order valence-corrected chi connectivity index (χ3v) is 0.790. The lowest BCUT2D eigenvalue weighted by molar-refractivity contribution is -0.247. The fourth-order valence-corrected chi connectivity index (χ4v) is 0.368. The van der Waals surface area contributed by atoms with Crippen LogP contribution in [0.3, 0.4) is 0 Å². The molecule has 0 saturated carbocycles. The number of hydrazine groups is 1. The normalized spacial score (nSPS) is 11.4. The van der Waals surface area contributed by atoms with Gasteiger partial charge in [-0.2, -0.15) is 18.2 Å². The predicted octanol–water partition coefficient (Wildman–Crippen LogP) is 1.51. The highest BCUT2D eigenvalue weighted by Gasteiger charge is 2.33. The first kappa shape index (κ1) is 12.7. The van der Waals surface area contributed by atoms with Gasteiger partial charge in [-0.05, 0) is 6.42 Å². The van der Waals surface area contributed by atoms with E-state index < -0.39 is 6.30 Å². The van der Waals surface area contributed by atoms with Crippen LogP contribution in [0.1, 0.15) is 13.3 Å². The molecule has 0 radical (unpaired) electrons. The fraction of sp³-hybridized carbons (Fsp3) is 1.00. The van der Waals surface area contributed by atoms with Gasteiger partial charge in [-0.15, -0.1) is 12.4 Å². The molecule has 2 nitrogen and oxygen atoms in total. The quantitative estimate of drug-likeness (QED) is 0.395. The summed E-state index contributed by atoms with van der Waals surface area (Å²) in [6.45, 7) is 1.48. The van der Waals surface area contributed by atoms with E-state index in [9.17, 15) is 13.2 Å². The Bertz CT molecular complexity index is 85.1. The molecular formula is C4H10ClF3N2. The van der Waals surface area contributed by atoms with Crippen molar-refractivity contribution in [3.8, 4) is 0 Å². The smallest absolute Gasteiger partial charge is 0.261 e. The van der Waals surface area contributed by atoms with Crippen LogP contribution in [0.4, 0.5) is 13.2 Å². The van der Waals surface area contributed by atoms with E-state index in [0.717, 1.165) is 0 Å². The van der Waals surface area contributed by atoms with E-state index in [1.807, 2.05) is 0 Å². The van der Waals surface area contributed by atoms with Crippen LogP contribution in [-0.2, 0) is 0 Å². The van der Waals surface area contributed by atoms with Crippen molar-refractivity contribution in [2.45, 2.75) is 19.6 Å². The van der Waals surface area contributed by atoms with Crippen LogP contribution < -0.4 is 5.84 Å². The largest absolute Gasteiger partial charge is 0.472 e. The van der Waals surface area contributed by atoms with E-state index in [1.54, 1.807) is 6.92 Å². The van der Waals surface area contributed by atoms with Gasteiger partial charge in [0, 0.05) is 6.54 Å². The maximum atomic E-state index is 11.4. The van der Waals surface area contributed by atoms with Crippen molar-refractivity contribution < 1.29 is 13.2 Å².